The summed E-state index contributed by atoms with van der Waals surface area (Å²) in [4.78, 5) is 11.2. The molecule has 0 saturated carbocycles. The van der Waals surface area contributed by atoms with Crippen molar-refractivity contribution in [3.63, 3.8) is 0 Å². The van der Waals surface area contributed by atoms with Crippen molar-refractivity contribution in [2.45, 2.75) is 12.3 Å². The van der Waals surface area contributed by atoms with E-state index in [4.69, 9.17) is 0 Å². The fraction of sp³-hybridized carbons (Fsp3) is 0.167. The summed E-state index contributed by atoms with van der Waals surface area (Å²) < 4.78 is 0. The highest BCUT2D eigenvalue weighted by Crippen LogP contribution is 2.45. The number of nitrogens with one attached hydrogen (secondary N) is 1. The zero-order chi connectivity index (χ0) is 13.9. The van der Waals surface area contributed by atoms with E-state index in [9.17, 15) is 4.79 Å². The first-order valence-corrected chi connectivity index (χ1v) is 6.70. The molecule has 1 aliphatic carbocycles. The molecule has 0 saturated heterocycles. The number of hydrogen-bond donors (Lipinski definition) is 1. The Morgan fingerprint density at radius 3 is 2.15 bits per heavy atom. The standard InChI is InChI=1S/C18H15NO/c1-19-18(20)12-6-11-17-15-9-4-2-7-13(15)14-8-3-5-10-16(14)17/h2-5,7-10,17H,11H2,1H3,(H,19,20). The second-order valence-corrected chi connectivity index (χ2v) is 4.81. The molecule has 1 amide bonds. The van der Waals surface area contributed by atoms with Crippen LogP contribution in [0.25, 0.3) is 11.1 Å². The van der Waals surface area contributed by atoms with Gasteiger partial charge >= 0.3 is 0 Å². The first-order chi connectivity index (χ1) is 9.81. The van der Waals surface area contributed by atoms with E-state index in [2.05, 4.69) is 65.7 Å². The molecule has 20 heavy (non-hydrogen) atoms. The largest absolute Gasteiger partial charge is 0.348 e. The van der Waals surface area contributed by atoms with Crippen LogP contribution in [0.5, 0.6) is 0 Å². The number of fused-ring (bicyclic) bond motifs is 3. The molecule has 0 spiro atoms. The van der Waals surface area contributed by atoms with Gasteiger partial charge in [-0.3, -0.25) is 4.79 Å². The number of carbonyl (C=O) groups is 1. The van der Waals surface area contributed by atoms with Crippen molar-refractivity contribution in [2.75, 3.05) is 7.05 Å². The SMILES string of the molecule is CNC(=O)C#CCC1c2ccccc2-c2ccccc21. The Labute approximate surface area is 118 Å². The molecule has 98 valence electrons. The fourth-order valence-electron chi connectivity index (χ4n) is 2.78. The zero-order valence-corrected chi connectivity index (χ0v) is 11.3. The third-order valence-corrected chi connectivity index (χ3v) is 3.70. The second-order valence-electron chi connectivity index (χ2n) is 4.81. The van der Waals surface area contributed by atoms with E-state index in [-0.39, 0.29) is 11.8 Å². The quantitative estimate of drug-likeness (QED) is 0.786. The predicted octanol–water partition coefficient (Wildman–Crippen LogP) is 2.94. The summed E-state index contributed by atoms with van der Waals surface area (Å²) in [6, 6.07) is 16.9. The predicted molar refractivity (Wildman–Crippen MR) is 80.2 cm³/mol. The monoisotopic (exact) mass is 261 g/mol. The zero-order valence-electron chi connectivity index (χ0n) is 11.3. The van der Waals surface area contributed by atoms with Crippen molar-refractivity contribution in [2.24, 2.45) is 0 Å². The molecule has 2 aromatic rings. The van der Waals surface area contributed by atoms with E-state index in [1.54, 1.807) is 7.05 Å². The van der Waals surface area contributed by atoms with Crippen molar-refractivity contribution in [3.05, 3.63) is 59.7 Å². The van der Waals surface area contributed by atoms with Crippen LogP contribution < -0.4 is 5.32 Å². The summed E-state index contributed by atoms with van der Waals surface area (Å²) in [6.45, 7) is 0. The Hall–Kier alpha value is -2.53. The van der Waals surface area contributed by atoms with Gasteiger partial charge in [0, 0.05) is 19.4 Å². The molecule has 0 unspecified atom stereocenters. The minimum absolute atomic E-state index is 0.232. The Bertz CT molecular complexity index is 676. The minimum atomic E-state index is -0.232. The molecule has 3 rings (SSSR count). The number of carbonyl (C=O) groups excluding carboxylic acids is 1. The first-order valence-electron chi connectivity index (χ1n) is 6.70. The summed E-state index contributed by atoms with van der Waals surface area (Å²) in [5, 5.41) is 2.52. The van der Waals surface area contributed by atoms with Crippen LogP contribution in [0.2, 0.25) is 0 Å². The van der Waals surface area contributed by atoms with Gasteiger partial charge < -0.3 is 5.32 Å². The van der Waals surface area contributed by atoms with Crippen LogP contribution in [0, 0.1) is 11.8 Å². The summed E-state index contributed by atoms with van der Waals surface area (Å²) in [6.07, 6.45) is 0.668. The molecule has 0 heterocycles. The number of benzene rings is 2. The molecule has 0 aliphatic heterocycles. The van der Waals surface area contributed by atoms with Crippen molar-refractivity contribution in [1.82, 2.24) is 5.32 Å². The van der Waals surface area contributed by atoms with Gasteiger partial charge in [-0.1, -0.05) is 54.5 Å². The fourth-order valence-corrected chi connectivity index (χ4v) is 2.78. The van der Waals surface area contributed by atoms with E-state index in [1.807, 2.05) is 0 Å². The van der Waals surface area contributed by atoms with Crippen molar-refractivity contribution in [1.29, 1.82) is 0 Å². The maximum Gasteiger partial charge on any atom is 0.295 e. The van der Waals surface area contributed by atoms with Crippen LogP contribution in [-0.2, 0) is 4.79 Å². The topological polar surface area (TPSA) is 29.1 Å². The van der Waals surface area contributed by atoms with E-state index >= 15 is 0 Å². The highest BCUT2D eigenvalue weighted by molar-refractivity contribution is 5.93. The van der Waals surface area contributed by atoms with E-state index in [0.717, 1.165) is 0 Å². The molecule has 0 radical (unpaired) electrons. The average molecular weight is 261 g/mol. The van der Waals surface area contributed by atoms with Crippen molar-refractivity contribution in [3.8, 4) is 23.0 Å². The highest BCUT2D eigenvalue weighted by atomic mass is 16.1. The molecular formula is C18H15NO. The van der Waals surface area contributed by atoms with Crippen molar-refractivity contribution >= 4 is 5.91 Å². The molecule has 0 bridgehead atoms. The molecule has 2 aromatic carbocycles. The van der Waals surface area contributed by atoms with Crippen LogP contribution in [0.1, 0.15) is 23.5 Å². The summed E-state index contributed by atoms with van der Waals surface area (Å²) in [5.74, 6) is 5.65. The van der Waals surface area contributed by atoms with Gasteiger partial charge in [-0.05, 0) is 28.2 Å². The third kappa shape index (κ3) is 2.08. The first kappa shape index (κ1) is 12.5. The molecule has 0 fully saturated rings. The number of amides is 1. The normalized spacial score (nSPS) is 12.1. The maximum absolute atomic E-state index is 11.2. The van der Waals surface area contributed by atoms with Crippen molar-refractivity contribution < 1.29 is 4.79 Å². The van der Waals surface area contributed by atoms with Gasteiger partial charge in [0.15, 0.2) is 0 Å². The molecule has 1 N–H and O–H groups in total. The van der Waals surface area contributed by atoms with Crippen LogP contribution in [0.15, 0.2) is 48.5 Å². The van der Waals surface area contributed by atoms with Crippen LogP contribution in [0.4, 0.5) is 0 Å². The van der Waals surface area contributed by atoms with E-state index in [0.29, 0.717) is 6.42 Å². The molecule has 2 heteroatoms. The number of hydrogen-bond acceptors (Lipinski definition) is 1. The Morgan fingerprint density at radius 1 is 1.05 bits per heavy atom. The lowest BCUT2D eigenvalue weighted by Gasteiger charge is -2.09. The van der Waals surface area contributed by atoms with Crippen LogP contribution >= 0.6 is 0 Å². The van der Waals surface area contributed by atoms with Crippen LogP contribution in [0.3, 0.4) is 0 Å². The molecule has 2 nitrogen and oxygen atoms in total. The lowest BCUT2D eigenvalue weighted by Crippen LogP contribution is -2.14. The smallest absolute Gasteiger partial charge is 0.295 e. The molecule has 0 aromatic heterocycles. The lowest BCUT2D eigenvalue weighted by molar-refractivity contribution is -0.115. The third-order valence-electron chi connectivity index (χ3n) is 3.70. The van der Waals surface area contributed by atoms with Gasteiger partial charge in [0.2, 0.25) is 0 Å². The molecular weight excluding hydrogens is 246 g/mol. The van der Waals surface area contributed by atoms with E-state index < -0.39 is 0 Å². The van der Waals surface area contributed by atoms with Gasteiger partial charge in [-0.25, -0.2) is 0 Å². The Balaban J connectivity index is 1.98. The summed E-state index contributed by atoms with van der Waals surface area (Å²) in [7, 11) is 1.59. The Kier molecular flexibility index (Phi) is 3.26. The van der Waals surface area contributed by atoms with Gasteiger partial charge in [0.05, 0.1) is 0 Å². The minimum Gasteiger partial charge on any atom is -0.348 e. The highest BCUT2D eigenvalue weighted by Gasteiger charge is 2.26. The number of rotatable bonds is 1. The van der Waals surface area contributed by atoms with Gasteiger partial charge in [-0.15, -0.1) is 0 Å². The van der Waals surface area contributed by atoms with Gasteiger partial charge in [0.25, 0.3) is 5.91 Å². The molecule has 1 aliphatic rings. The maximum atomic E-state index is 11.2. The van der Waals surface area contributed by atoms with Gasteiger partial charge in [-0.2, -0.15) is 0 Å². The second kappa shape index (κ2) is 5.22. The van der Waals surface area contributed by atoms with Gasteiger partial charge in [0.1, 0.15) is 0 Å². The molecule has 0 atom stereocenters. The summed E-state index contributed by atoms with van der Waals surface area (Å²) in [5.41, 5.74) is 5.18. The lowest BCUT2D eigenvalue weighted by atomic mass is 9.94. The van der Waals surface area contributed by atoms with E-state index in [1.165, 1.54) is 22.3 Å². The average Bonchev–Trinajstić information content (AvgIpc) is 2.82. The Morgan fingerprint density at radius 2 is 1.60 bits per heavy atom. The van der Waals surface area contributed by atoms with Crippen LogP contribution in [-0.4, -0.2) is 13.0 Å². The summed E-state index contributed by atoms with van der Waals surface area (Å²) >= 11 is 0.